The summed E-state index contributed by atoms with van der Waals surface area (Å²) in [4.78, 5) is 85.1. The zero-order chi connectivity index (χ0) is 44.9. The van der Waals surface area contributed by atoms with Gasteiger partial charge in [0.25, 0.3) is 23.6 Å². The van der Waals surface area contributed by atoms with Crippen molar-refractivity contribution < 1.29 is 49.8 Å². The van der Waals surface area contributed by atoms with E-state index in [9.17, 15) is 59.1 Å². The molecule has 4 aromatic rings. The molecule has 3 heterocycles. The Morgan fingerprint density at radius 1 is 0.541 bits per heavy atom. The van der Waals surface area contributed by atoms with Gasteiger partial charge >= 0.3 is 0 Å². The van der Waals surface area contributed by atoms with Crippen LogP contribution in [0.15, 0.2) is 81.5 Å². The van der Waals surface area contributed by atoms with Crippen LogP contribution in [0.3, 0.4) is 0 Å². The van der Waals surface area contributed by atoms with Gasteiger partial charge in [0.05, 0.1) is 19.8 Å². The predicted octanol–water partition coefficient (Wildman–Crippen LogP) is -0.389. The molecular formula is C41H53N7O13. The normalized spacial score (nSPS) is 10.7. The summed E-state index contributed by atoms with van der Waals surface area (Å²) in [5, 5.41) is 68.1. The third kappa shape index (κ3) is 14.2. The van der Waals surface area contributed by atoms with E-state index in [0.29, 0.717) is 37.8 Å². The average Bonchev–Trinajstić information content (AvgIpc) is 3.24. The SMILES string of the molecule is CCCNC(=O)c1c(O)c(=O)ccn1CCO.O=C(NC(CCCNC(=O)c1c(O)c(=O)ccn1CCO)CCCNC(=O)c1c(O)c(=O)ccn1CCO)c1ccccc1. The van der Waals surface area contributed by atoms with E-state index in [2.05, 4.69) is 21.3 Å². The van der Waals surface area contributed by atoms with Crippen molar-refractivity contribution in [2.45, 2.75) is 64.7 Å². The van der Waals surface area contributed by atoms with Crippen LogP contribution in [0.1, 0.15) is 80.9 Å². The molecular weight excluding hydrogens is 798 g/mol. The van der Waals surface area contributed by atoms with E-state index in [0.717, 1.165) is 24.6 Å². The summed E-state index contributed by atoms with van der Waals surface area (Å²) in [5.41, 5.74) is -2.23. The van der Waals surface area contributed by atoms with Crippen molar-refractivity contribution in [1.29, 1.82) is 0 Å². The third-order valence-electron chi connectivity index (χ3n) is 9.06. The first kappa shape index (κ1) is 48.6. The third-order valence-corrected chi connectivity index (χ3v) is 9.06. The van der Waals surface area contributed by atoms with Crippen LogP contribution < -0.4 is 37.6 Å². The van der Waals surface area contributed by atoms with E-state index in [-0.39, 0.29) is 81.6 Å². The molecule has 0 atom stereocenters. The quantitative estimate of drug-likeness (QED) is 0.0479. The molecule has 20 nitrogen and oxygen atoms in total. The van der Waals surface area contributed by atoms with Crippen molar-refractivity contribution in [2.24, 2.45) is 0 Å². The molecule has 4 rings (SSSR count). The average molecular weight is 852 g/mol. The Labute approximate surface area is 349 Å². The smallest absolute Gasteiger partial charge is 0.271 e. The minimum atomic E-state index is -0.723. The Kier molecular flexibility index (Phi) is 19.9. The number of rotatable bonds is 21. The highest BCUT2D eigenvalue weighted by Gasteiger charge is 2.21. The fourth-order valence-corrected chi connectivity index (χ4v) is 6.03. The van der Waals surface area contributed by atoms with Crippen molar-refractivity contribution in [3.8, 4) is 17.2 Å². The number of benzene rings is 1. The molecule has 0 saturated carbocycles. The van der Waals surface area contributed by atoms with Crippen molar-refractivity contribution in [1.82, 2.24) is 35.0 Å². The number of nitrogens with one attached hydrogen (secondary N) is 4. The fourth-order valence-electron chi connectivity index (χ4n) is 6.03. The Morgan fingerprint density at radius 3 is 1.25 bits per heavy atom. The van der Waals surface area contributed by atoms with Crippen LogP contribution in [0.5, 0.6) is 17.2 Å². The lowest BCUT2D eigenvalue weighted by molar-refractivity contribution is 0.0914. The molecule has 4 amide bonds. The maximum Gasteiger partial charge on any atom is 0.271 e. The predicted molar refractivity (Wildman–Crippen MR) is 222 cm³/mol. The minimum Gasteiger partial charge on any atom is -0.503 e. The van der Waals surface area contributed by atoms with E-state index in [4.69, 9.17) is 5.11 Å². The molecule has 1 aromatic carbocycles. The number of amides is 4. The van der Waals surface area contributed by atoms with Crippen molar-refractivity contribution in [2.75, 3.05) is 39.5 Å². The zero-order valence-electron chi connectivity index (χ0n) is 33.7. The zero-order valence-corrected chi connectivity index (χ0v) is 33.7. The summed E-state index contributed by atoms with van der Waals surface area (Å²) in [7, 11) is 0. The van der Waals surface area contributed by atoms with E-state index >= 15 is 0 Å². The second kappa shape index (κ2) is 25.0. The van der Waals surface area contributed by atoms with E-state index in [1.54, 1.807) is 30.3 Å². The largest absolute Gasteiger partial charge is 0.503 e. The lowest BCUT2D eigenvalue weighted by atomic mass is 10.0. The van der Waals surface area contributed by atoms with Gasteiger partial charge < -0.3 is 65.6 Å². The van der Waals surface area contributed by atoms with Gasteiger partial charge in [-0.3, -0.25) is 33.6 Å². The van der Waals surface area contributed by atoms with Gasteiger partial charge in [-0.2, -0.15) is 0 Å². The number of aliphatic hydroxyl groups is 3. The van der Waals surface area contributed by atoms with Crippen LogP contribution in [0.25, 0.3) is 0 Å². The highest BCUT2D eigenvalue weighted by atomic mass is 16.3. The summed E-state index contributed by atoms with van der Waals surface area (Å²) in [5.74, 6) is -4.22. The number of carbonyl (C=O) groups is 4. The van der Waals surface area contributed by atoms with Crippen LogP contribution >= 0.6 is 0 Å². The molecule has 10 N–H and O–H groups in total. The van der Waals surface area contributed by atoms with Crippen molar-refractivity contribution >= 4 is 23.6 Å². The van der Waals surface area contributed by atoms with Crippen LogP contribution in [0.2, 0.25) is 0 Å². The maximum atomic E-state index is 12.8. The Balaban J connectivity index is 0.000000487. The molecule has 0 saturated heterocycles. The number of pyridine rings is 3. The van der Waals surface area contributed by atoms with Gasteiger partial charge in [0.1, 0.15) is 0 Å². The number of hydrogen-bond acceptors (Lipinski definition) is 13. The van der Waals surface area contributed by atoms with Gasteiger partial charge in [-0.1, -0.05) is 25.1 Å². The number of aliphatic hydroxyl groups excluding tert-OH is 3. The Morgan fingerprint density at radius 2 is 0.902 bits per heavy atom. The fraction of sp³-hybridized carbons (Fsp3) is 0.390. The Hall–Kier alpha value is -6.77. The highest BCUT2D eigenvalue weighted by molar-refractivity contribution is 5.96. The number of aromatic nitrogens is 3. The summed E-state index contributed by atoms with van der Waals surface area (Å²) in [6.45, 7) is 2.02. The summed E-state index contributed by atoms with van der Waals surface area (Å²) < 4.78 is 3.91. The number of hydrogen-bond donors (Lipinski definition) is 10. The number of nitrogens with zero attached hydrogens (tertiary/aromatic N) is 3. The maximum absolute atomic E-state index is 12.8. The van der Waals surface area contributed by atoms with E-state index in [1.807, 2.05) is 6.92 Å². The molecule has 0 bridgehead atoms. The molecule has 0 aliphatic rings. The lowest BCUT2D eigenvalue weighted by Crippen LogP contribution is -2.37. The second-order valence-electron chi connectivity index (χ2n) is 13.5. The summed E-state index contributed by atoms with van der Waals surface area (Å²) >= 11 is 0. The summed E-state index contributed by atoms with van der Waals surface area (Å²) in [6.07, 6.45) is 6.46. The van der Waals surface area contributed by atoms with E-state index < -0.39 is 51.3 Å². The van der Waals surface area contributed by atoms with Gasteiger partial charge in [-0.25, -0.2) is 0 Å². The Bertz CT molecular complexity index is 2180. The lowest BCUT2D eigenvalue weighted by Gasteiger charge is -2.20. The van der Waals surface area contributed by atoms with Crippen molar-refractivity contribution in [3.05, 3.63) is 120 Å². The first-order valence-electron chi connectivity index (χ1n) is 19.6. The van der Waals surface area contributed by atoms with Crippen LogP contribution in [-0.2, 0) is 19.6 Å². The topological polar surface area (TPSA) is 304 Å². The summed E-state index contributed by atoms with van der Waals surface area (Å²) in [6, 6.07) is 11.6. The van der Waals surface area contributed by atoms with Gasteiger partial charge in [-0.15, -0.1) is 0 Å². The van der Waals surface area contributed by atoms with Gasteiger partial charge in [-0.05, 0) is 44.2 Å². The number of carbonyl (C=O) groups excluding carboxylic acids is 4. The first-order chi connectivity index (χ1) is 29.3. The van der Waals surface area contributed by atoms with Crippen LogP contribution in [-0.4, -0.2) is 113 Å². The minimum absolute atomic E-state index is 0.00407. The van der Waals surface area contributed by atoms with Gasteiger partial charge in [0, 0.05) is 87.7 Å². The molecule has 0 aliphatic heterocycles. The molecule has 0 spiro atoms. The van der Waals surface area contributed by atoms with Gasteiger partial charge in [0.2, 0.25) is 16.3 Å². The monoisotopic (exact) mass is 851 g/mol. The molecule has 0 fully saturated rings. The molecule has 3 aromatic heterocycles. The molecule has 0 unspecified atom stereocenters. The van der Waals surface area contributed by atoms with Crippen LogP contribution in [0.4, 0.5) is 0 Å². The molecule has 20 heteroatoms. The molecule has 0 aliphatic carbocycles. The first-order valence-corrected chi connectivity index (χ1v) is 19.6. The van der Waals surface area contributed by atoms with Crippen LogP contribution in [0, 0.1) is 0 Å². The van der Waals surface area contributed by atoms with Gasteiger partial charge in [0.15, 0.2) is 34.3 Å². The second-order valence-corrected chi connectivity index (χ2v) is 13.5. The standard InChI is InChI=1S/C30H37N5O9.C11H16N2O4/c36-18-16-34-14-10-22(38)26(40)24(34)29(43)31-12-4-8-21(33-28(42)20-6-2-1-3-7-20)9-5-13-32-30(44)25-27(41)23(39)11-15-35(25)17-19-37;1-2-4-12-11(17)9-10(16)8(15)3-5-13(9)6-7-14/h1-3,6-7,10-11,14-15,21,36-37,40-41H,4-5,8-9,12-13,16-19H2,(H,31,43)(H,32,44)(H,33,42);3,5,14,16H,2,4,6-7H2,1H3,(H,12,17). The highest BCUT2D eigenvalue weighted by Crippen LogP contribution is 2.14. The van der Waals surface area contributed by atoms with Crippen molar-refractivity contribution in [3.63, 3.8) is 0 Å². The number of aromatic hydroxyl groups is 3. The molecule has 61 heavy (non-hydrogen) atoms. The molecule has 0 radical (unpaired) electrons. The van der Waals surface area contributed by atoms with E-state index in [1.165, 1.54) is 32.3 Å². The molecule has 330 valence electrons.